The van der Waals surface area contributed by atoms with Crippen molar-refractivity contribution in [2.24, 2.45) is 11.8 Å². The summed E-state index contributed by atoms with van der Waals surface area (Å²) < 4.78 is 0. The Hall–Kier alpha value is -2.13. The van der Waals surface area contributed by atoms with Crippen LogP contribution in [0.25, 0.3) is 0 Å². The predicted octanol–water partition coefficient (Wildman–Crippen LogP) is 5.10. The molecule has 3 nitrogen and oxygen atoms in total. The molecule has 1 amide bonds. The van der Waals surface area contributed by atoms with Crippen LogP contribution in [0.15, 0.2) is 42.5 Å². The fourth-order valence-corrected chi connectivity index (χ4v) is 4.28. The van der Waals surface area contributed by atoms with Crippen LogP contribution < -0.4 is 5.32 Å². The van der Waals surface area contributed by atoms with Crippen molar-refractivity contribution in [2.45, 2.75) is 47.1 Å². The number of carbonyl (C=O) groups is 1. The maximum absolute atomic E-state index is 12.8. The van der Waals surface area contributed by atoms with E-state index in [0.29, 0.717) is 5.92 Å². The van der Waals surface area contributed by atoms with Gasteiger partial charge in [0.05, 0.1) is 0 Å². The topological polar surface area (TPSA) is 32.3 Å². The summed E-state index contributed by atoms with van der Waals surface area (Å²) in [4.78, 5) is 15.4. The third-order valence-corrected chi connectivity index (χ3v) is 5.93. The zero-order valence-corrected chi connectivity index (χ0v) is 17.1. The Bertz CT molecular complexity index is 753. The van der Waals surface area contributed by atoms with Gasteiger partial charge in [-0.3, -0.25) is 9.69 Å². The molecule has 1 atom stereocenters. The minimum absolute atomic E-state index is 0.0454. The molecule has 144 valence electrons. The third-order valence-electron chi connectivity index (χ3n) is 5.93. The molecule has 1 aliphatic rings. The number of anilines is 1. The minimum atomic E-state index is 0.0454. The summed E-state index contributed by atoms with van der Waals surface area (Å²) in [5, 5.41) is 3.20. The number of nitrogens with one attached hydrogen (secondary N) is 1. The van der Waals surface area contributed by atoms with Gasteiger partial charge in [-0.05, 0) is 69.3 Å². The Morgan fingerprint density at radius 3 is 2.26 bits per heavy atom. The molecule has 0 saturated carbocycles. The molecule has 3 heteroatoms. The van der Waals surface area contributed by atoms with E-state index < -0.39 is 0 Å². The first kappa shape index (κ1) is 19.6. The summed E-state index contributed by atoms with van der Waals surface area (Å²) in [6.07, 6.45) is 2.18. The van der Waals surface area contributed by atoms with Gasteiger partial charge in [0.15, 0.2) is 0 Å². The quantitative estimate of drug-likeness (QED) is 0.800. The maximum Gasteiger partial charge on any atom is 0.227 e. The second-order valence-corrected chi connectivity index (χ2v) is 8.15. The number of nitrogens with zero attached hydrogens (tertiary/aromatic N) is 1. The van der Waals surface area contributed by atoms with Crippen LogP contribution in [0.5, 0.6) is 0 Å². The first-order valence-electron chi connectivity index (χ1n) is 10.1. The summed E-state index contributed by atoms with van der Waals surface area (Å²) in [6, 6.07) is 14.9. The normalized spacial score (nSPS) is 16.9. The van der Waals surface area contributed by atoms with Gasteiger partial charge in [0, 0.05) is 18.2 Å². The molecule has 3 rings (SSSR count). The zero-order valence-electron chi connectivity index (χ0n) is 17.1. The van der Waals surface area contributed by atoms with Crippen LogP contribution in [-0.4, -0.2) is 23.9 Å². The first-order valence-corrected chi connectivity index (χ1v) is 10.1. The van der Waals surface area contributed by atoms with Crippen molar-refractivity contribution in [1.82, 2.24) is 4.90 Å². The van der Waals surface area contributed by atoms with Gasteiger partial charge in [0.2, 0.25) is 5.91 Å². The van der Waals surface area contributed by atoms with Gasteiger partial charge in [-0.25, -0.2) is 0 Å². The van der Waals surface area contributed by atoms with Gasteiger partial charge in [-0.15, -0.1) is 0 Å². The van der Waals surface area contributed by atoms with Crippen molar-refractivity contribution in [2.75, 3.05) is 18.4 Å². The van der Waals surface area contributed by atoms with E-state index in [1.165, 1.54) is 11.1 Å². The Balaban J connectivity index is 1.54. The average molecular weight is 365 g/mol. The van der Waals surface area contributed by atoms with Crippen molar-refractivity contribution in [1.29, 1.82) is 0 Å². The van der Waals surface area contributed by atoms with E-state index in [4.69, 9.17) is 0 Å². The summed E-state index contributed by atoms with van der Waals surface area (Å²) in [6.45, 7) is 11.5. The smallest absolute Gasteiger partial charge is 0.227 e. The standard InChI is InChI=1S/C24H32N2O/c1-17-14-18(2)23(19(3)15-17)25-24(27)20(4)22-10-12-26(13-11-22)16-21-8-6-5-7-9-21/h5-9,14-15,20,22H,10-13,16H2,1-4H3,(H,25,27). The summed E-state index contributed by atoms with van der Waals surface area (Å²) in [7, 11) is 0. The second-order valence-electron chi connectivity index (χ2n) is 8.15. The van der Waals surface area contributed by atoms with Crippen molar-refractivity contribution >= 4 is 11.6 Å². The van der Waals surface area contributed by atoms with Crippen molar-refractivity contribution in [3.63, 3.8) is 0 Å². The van der Waals surface area contributed by atoms with Crippen LogP contribution >= 0.6 is 0 Å². The van der Waals surface area contributed by atoms with E-state index in [1.54, 1.807) is 0 Å². The summed E-state index contributed by atoms with van der Waals surface area (Å²) >= 11 is 0. The Morgan fingerprint density at radius 2 is 1.67 bits per heavy atom. The molecule has 2 aromatic carbocycles. The van der Waals surface area contributed by atoms with Crippen LogP contribution in [-0.2, 0) is 11.3 Å². The fraction of sp³-hybridized carbons (Fsp3) is 0.458. The Labute approximate surface area is 163 Å². The second kappa shape index (κ2) is 8.71. The number of carbonyl (C=O) groups excluding carboxylic acids is 1. The molecule has 1 fully saturated rings. The minimum Gasteiger partial charge on any atom is -0.325 e. The molecule has 1 saturated heterocycles. The molecule has 2 aromatic rings. The molecule has 0 aliphatic carbocycles. The maximum atomic E-state index is 12.8. The molecule has 1 aliphatic heterocycles. The van der Waals surface area contributed by atoms with Gasteiger partial charge >= 0.3 is 0 Å². The van der Waals surface area contributed by atoms with E-state index in [9.17, 15) is 4.79 Å². The number of benzene rings is 2. The molecule has 0 spiro atoms. The summed E-state index contributed by atoms with van der Waals surface area (Å²) in [5.41, 5.74) is 5.88. The molecule has 1 unspecified atom stereocenters. The number of aryl methyl sites for hydroxylation is 3. The molecular weight excluding hydrogens is 332 g/mol. The van der Waals surface area contributed by atoms with Crippen LogP contribution in [0, 0.1) is 32.6 Å². The van der Waals surface area contributed by atoms with Crippen LogP contribution in [0.1, 0.15) is 42.0 Å². The van der Waals surface area contributed by atoms with Gasteiger partial charge in [0.1, 0.15) is 0 Å². The third kappa shape index (κ3) is 4.98. The van der Waals surface area contributed by atoms with E-state index in [1.807, 2.05) is 0 Å². The van der Waals surface area contributed by atoms with Crippen molar-refractivity contribution in [3.8, 4) is 0 Å². The number of amides is 1. The van der Waals surface area contributed by atoms with Crippen molar-refractivity contribution < 1.29 is 4.79 Å². The lowest BCUT2D eigenvalue weighted by molar-refractivity contribution is -0.121. The first-order chi connectivity index (χ1) is 12.9. The van der Waals surface area contributed by atoms with Gasteiger partial charge in [0.25, 0.3) is 0 Å². The average Bonchev–Trinajstić information content (AvgIpc) is 2.65. The lowest BCUT2D eigenvalue weighted by Crippen LogP contribution is -2.38. The largest absolute Gasteiger partial charge is 0.325 e. The molecule has 1 N–H and O–H groups in total. The lowest BCUT2D eigenvalue weighted by atomic mass is 9.84. The van der Waals surface area contributed by atoms with Gasteiger partial charge in [-0.2, -0.15) is 0 Å². The lowest BCUT2D eigenvalue weighted by Gasteiger charge is -2.34. The highest BCUT2D eigenvalue weighted by Gasteiger charge is 2.28. The monoisotopic (exact) mass is 364 g/mol. The molecule has 0 aromatic heterocycles. The fourth-order valence-electron chi connectivity index (χ4n) is 4.28. The Kier molecular flexibility index (Phi) is 6.33. The molecule has 0 bridgehead atoms. The number of likely N-dealkylation sites (tertiary alicyclic amines) is 1. The van der Waals surface area contributed by atoms with E-state index in [-0.39, 0.29) is 11.8 Å². The van der Waals surface area contributed by atoms with Crippen LogP contribution in [0.2, 0.25) is 0 Å². The predicted molar refractivity (Wildman–Crippen MR) is 113 cm³/mol. The summed E-state index contributed by atoms with van der Waals surface area (Å²) in [5.74, 6) is 0.665. The number of piperidine rings is 1. The van der Waals surface area contributed by atoms with Crippen LogP contribution in [0.3, 0.4) is 0 Å². The van der Waals surface area contributed by atoms with E-state index >= 15 is 0 Å². The van der Waals surface area contributed by atoms with Gasteiger partial charge < -0.3 is 5.32 Å². The van der Waals surface area contributed by atoms with E-state index in [2.05, 4.69) is 80.4 Å². The molecule has 1 heterocycles. The van der Waals surface area contributed by atoms with E-state index in [0.717, 1.165) is 49.3 Å². The van der Waals surface area contributed by atoms with Crippen molar-refractivity contribution in [3.05, 3.63) is 64.7 Å². The van der Waals surface area contributed by atoms with Crippen LogP contribution in [0.4, 0.5) is 5.69 Å². The zero-order chi connectivity index (χ0) is 19.4. The number of rotatable bonds is 5. The number of hydrogen-bond donors (Lipinski definition) is 1. The van der Waals surface area contributed by atoms with Gasteiger partial charge in [-0.1, -0.05) is 55.0 Å². The highest BCUT2D eigenvalue weighted by atomic mass is 16.1. The number of hydrogen-bond acceptors (Lipinski definition) is 2. The SMILES string of the molecule is Cc1cc(C)c(NC(=O)C(C)C2CCN(Cc3ccccc3)CC2)c(C)c1. The Morgan fingerprint density at radius 1 is 1.07 bits per heavy atom. The molecule has 27 heavy (non-hydrogen) atoms. The highest BCUT2D eigenvalue weighted by Crippen LogP contribution is 2.28. The highest BCUT2D eigenvalue weighted by molar-refractivity contribution is 5.94. The molecular formula is C24H32N2O. The molecule has 0 radical (unpaired) electrons.